The summed E-state index contributed by atoms with van der Waals surface area (Å²) in [6.07, 6.45) is 3.68. The predicted molar refractivity (Wildman–Crippen MR) is 72.6 cm³/mol. The van der Waals surface area contributed by atoms with Crippen LogP contribution >= 0.6 is 0 Å². The molecule has 0 saturated carbocycles. The predicted octanol–water partition coefficient (Wildman–Crippen LogP) is 2.98. The molecule has 0 spiro atoms. The third kappa shape index (κ3) is 2.16. The number of benzene rings is 1. The minimum absolute atomic E-state index is 0.0149. The largest absolute Gasteiger partial charge is 0.324 e. The molecule has 2 aromatic rings. The maximum Gasteiger partial charge on any atom is 0.125 e. The van der Waals surface area contributed by atoms with Crippen LogP contribution in [0.3, 0.4) is 0 Å². The van der Waals surface area contributed by atoms with Crippen LogP contribution in [0.15, 0.2) is 30.5 Å². The lowest BCUT2D eigenvalue weighted by Gasteiger charge is -2.33. The Hall–Kier alpha value is -1.68. The normalized spacial score (nSPS) is 21.2. The third-order valence-corrected chi connectivity index (χ3v) is 3.77. The molecule has 2 N–H and O–H groups in total. The minimum Gasteiger partial charge on any atom is -0.324 e. The molecule has 100 valence electrons. The van der Waals surface area contributed by atoms with Crippen LogP contribution < -0.4 is 5.73 Å². The zero-order valence-electron chi connectivity index (χ0n) is 11.2. The van der Waals surface area contributed by atoms with Crippen LogP contribution in [0.25, 0.3) is 5.69 Å². The first-order valence-corrected chi connectivity index (χ1v) is 6.55. The maximum atomic E-state index is 13.4. The summed E-state index contributed by atoms with van der Waals surface area (Å²) in [6.45, 7) is 4.41. The molecule has 0 bridgehead atoms. The minimum atomic E-state index is -0.249. The molecule has 4 heteroatoms. The van der Waals surface area contributed by atoms with Crippen LogP contribution in [0.2, 0.25) is 0 Å². The highest BCUT2D eigenvalue weighted by Gasteiger charge is 2.33. The van der Waals surface area contributed by atoms with E-state index < -0.39 is 0 Å². The summed E-state index contributed by atoms with van der Waals surface area (Å²) in [5, 5.41) is 4.40. The summed E-state index contributed by atoms with van der Waals surface area (Å²) < 4.78 is 15.2. The van der Waals surface area contributed by atoms with Gasteiger partial charge in [-0.2, -0.15) is 5.10 Å². The van der Waals surface area contributed by atoms with Gasteiger partial charge in [-0.05, 0) is 36.5 Å². The van der Waals surface area contributed by atoms with Gasteiger partial charge < -0.3 is 5.73 Å². The van der Waals surface area contributed by atoms with Gasteiger partial charge in [0, 0.05) is 17.3 Å². The molecule has 1 aliphatic carbocycles. The molecule has 3 rings (SSSR count). The molecule has 0 saturated heterocycles. The van der Waals surface area contributed by atoms with Gasteiger partial charge >= 0.3 is 0 Å². The van der Waals surface area contributed by atoms with E-state index in [1.165, 1.54) is 12.1 Å². The van der Waals surface area contributed by atoms with Crippen molar-refractivity contribution in [3.8, 4) is 5.69 Å². The van der Waals surface area contributed by atoms with Gasteiger partial charge in [-0.25, -0.2) is 9.07 Å². The average Bonchev–Trinajstić information content (AvgIpc) is 2.71. The zero-order valence-corrected chi connectivity index (χ0v) is 11.2. The highest BCUT2D eigenvalue weighted by atomic mass is 19.1. The number of fused-ring (bicyclic) bond motifs is 1. The van der Waals surface area contributed by atoms with E-state index in [1.54, 1.807) is 6.07 Å². The van der Waals surface area contributed by atoms with E-state index in [4.69, 9.17) is 5.73 Å². The van der Waals surface area contributed by atoms with E-state index >= 15 is 0 Å². The molecule has 3 nitrogen and oxygen atoms in total. The van der Waals surface area contributed by atoms with Gasteiger partial charge in [0.1, 0.15) is 5.82 Å². The molecular weight excluding hydrogens is 241 g/mol. The van der Waals surface area contributed by atoms with Gasteiger partial charge in [0.25, 0.3) is 0 Å². The molecule has 1 aliphatic rings. The fourth-order valence-corrected chi connectivity index (χ4v) is 2.93. The number of rotatable bonds is 1. The Kier molecular flexibility index (Phi) is 2.71. The van der Waals surface area contributed by atoms with Crippen molar-refractivity contribution in [3.63, 3.8) is 0 Å². The van der Waals surface area contributed by atoms with Crippen molar-refractivity contribution in [1.29, 1.82) is 0 Å². The Morgan fingerprint density at radius 3 is 2.95 bits per heavy atom. The smallest absolute Gasteiger partial charge is 0.125 e. The highest BCUT2D eigenvalue weighted by molar-refractivity contribution is 5.38. The fourth-order valence-electron chi connectivity index (χ4n) is 2.93. The fraction of sp³-hybridized carbons (Fsp3) is 0.400. The third-order valence-electron chi connectivity index (χ3n) is 3.77. The Balaban J connectivity index is 2.11. The highest BCUT2D eigenvalue weighted by Crippen LogP contribution is 2.40. The van der Waals surface area contributed by atoms with Gasteiger partial charge in [-0.1, -0.05) is 19.9 Å². The van der Waals surface area contributed by atoms with Crippen molar-refractivity contribution in [2.24, 2.45) is 11.1 Å². The quantitative estimate of drug-likeness (QED) is 0.855. The second kappa shape index (κ2) is 4.17. The molecule has 1 aromatic carbocycles. The van der Waals surface area contributed by atoms with Crippen molar-refractivity contribution >= 4 is 0 Å². The number of nitrogens with two attached hydrogens (primary N) is 1. The first kappa shape index (κ1) is 12.4. The summed E-state index contributed by atoms with van der Waals surface area (Å²) in [7, 11) is 0. The second-order valence-corrected chi connectivity index (χ2v) is 6.09. The number of hydrogen-bond donors (Lipinski definition) is 1. The molecule has 0 amide bonds. The van der Waals surface area contributed by atoms with E-state index in [0.717, 1.165) is 29.8 Å². The first-order valence-electron chi connectivity index (χ1n) is 6.55. The Morgan fingerprint density at radius 1 is 1.42 bits per heavy atom. The number of aromatic nitrogens is 2. The van der Waals surface area contributed by atoms with Crippen molar-refractivity contribution in [3.05, 3.63) is 47.5 Å². The molecule has 1 heterocycles. The van der Waals surface area contributed by atoms with E-state index in [9.17, 15) is 4.39 Å². The second-order valence-electron chi connectivity index (χ2n) is 6.09. The summed E-state index contributed by atoms with van der Waals surface area (Å²) in [4.78, 5) is 0. The van der Waals surface area contributed by atoms with E-state index in [2.05, 4.69) is 18.9 Å². The molecule has 0 fully saturated rings. The van der Waals surface area contributed by atoms with Crippen molar-refractivity contribution < 1.29 is 4.39 Å². The van der Waals surface area contributed by atoms with Gasteiger partial charge in [0.2, 0.25) is 0 Å². The molecule has 0 unspecified atom stereocenters. The lowest BCUT2D eigenvalue weighted by atomic mass is 9.74. The molecule has 1 aromatic heterocycles. The zero-order chi connectivity index (χ0) is 13.6. The summed E-state index contributed by atoms with van der Waals surface area (Å²) in [6, 6.07) is 6.52. The van der Waals surface area contributed by atoms with E-state index in [-0.39, 0.29) is 17.3 Å². The molecular formula is C15H18FN3. The topological polar surface area (TPSA) is 43.8 Å². The van der Waals surface area contributed by atoms with Gasteiger partial charge in [-0.15, -0.1) is 0 Å². The van der Waals surface area contributed by atoms with Crippen molar-refractivity contribution in [2.45, 2.75) is 32.7 Å². The molecule has 19 heavy (non-hydrogen) atoms. The Bertz CT molecular complexity index is 616. The average molecular weight is 259 g/mol. The van der Waals surface area contributed by atoms with E-state index in [1.807, 2.05) is 16.9 Å². The summed E-state index contributed by atoms with van der Waals surface area (Å²) in [5.41, 5.74) is 9.31. The summed E-state index contributed by atoms with van der Waals surface area (Å²) >= 11 is 0. The van der Waals surface area contributed by atoms with Gasteiger partial charge in [-0.3, -0.25) is 0 Å². The van der Waals surface area contributed by atoms with Crippen LogP contribution in [-0.2, 0) is 6.42 Å². The Labute approximate surface area is 112 Å². The lowest BCUT2D eigenvalue weighted by Crippen LogP contribution is -2.30. The monoisotopic (exact) mass is 259 g/mol. The SMILES string of the molecule is CC1(C)Cc2c(cnn2-c2cccc(F)c2)[C@H](N)C1. The van der Waals surface area contributed by atoms with Crippen LogP contribution in [0, 0.1) is 11.2 Å². The Morgan fingerprint density at radius 2 is 2.21 bits per heavy atom. The maximum absolute atomic E-state index is 13.4. The van der Waals surface area contributed by atoms with Crippen LogP contribution in [0.1, 0.15) is 37.6 Å². The molecule has 0 aliphatic heterocycles. The van der Waals surface area contributed by atoms with Gasteiger partial charge in [0.05, 0.1) is 11.9 Å². The summed E-state index contributed by atoms with van der Waals surface area (Å²) in [5.74, 6) is -0.249. The number of halogens is 1. The standard InChI is InChI=1S/C15H18FN3/c1-15(2)7-13(17)12-9-18-19(14(12)8-15)11-5-3-4-10(16)6-11/h3-6,9,13H,7-8,17H2,1-2H3/t13-/m1/s1. The van der Waals surface area contributed by atoms with Crippen LogP contribution in [0.4, 0.5) is 4.39 Å². The number of nitrogens with zero attached hydrogens (tertiary/aromatic N) is 2. The van der Waals surface area contributed by atoms with Crippen molar-refractivity contribution in [1.82, 2.24) is 9.78 Å². The van der Waals surface area contributed by atoms with E-state index in [0.29, 0.717) is 0 Å². The van der Waals surface area contributed by atoms with Crippen molar-refractivity contribution in [2.75, 3.05) is 0 Å². The van der Waals surface area contributed by atoms with Crippen LogP contribution in [0.5, 0.6) is 0 Å². The number of hydrogen-bond acceptors (Lipinski definition) is 2. The van der Waals surface area contributed by atoms with Crippen LogP contribution in [-0.4, -0.2) is 9.78 Å². The molecule has 0 radical (unpaired) electrons. The molecule has 1 atom stereocenters. The van der Waals surface area contributed by atoms with Gasteiger partial charge in [0.15, 0.2) is 0 Å². The lowest BCUT2D eigenvalue weighted by molar-refractivity contribution is 0.278. The first-order chi connectivity index (χ1) is 8.96.